The second kappa shape index (κ2) is 7.34. The van der Waals surface area contributed by atoms with Crippen molar-refractivity contribution < 1.29 is 14.7 Å². The Balaban J connectivity index is 1.80. The lowest BCUT2D eigenvalue weighted by molar-refractivity contribution is -0.126. The molecular weight excluding hydrogens is 342 g/mol. The summed E-state index contributed by atoms with van der Waals surface area (Å²) in [5.74, 6) is -1.51. The molecule has 1 aliphatic heterocycles. The highest BCUT2D eigenvalue weighted by Crippen LogP contribution is 2.25. The van der Waals surface area contributed by atoms with Gasteiger partial charge in [-0.05, 0) is 41.8 Å². The third-order valence-corrected chi connectivity index (χ3v) is 4.56. The SMILES string of the molecule is CC(NC(=O)C1=C(O)C(=O)N(C)C1)c1cccc(-c2cccc(C#N)c2)c1. The molecule has 2 aromatic carbocycles. The van der Waals surface area contributed by atoms with E-state index in [1.807, 2.05) is 49.4 Å². The standard InChI is InChI=1S/C21H19N3O3/c1-13(23-20(26)18-12-24(2)21(27)19(18)25)15-6-4-8-17(10-15)16-7-3-5-14(9-16)11-22/h3-10,13,25H,12H2,1-2H3,(H,23,26). The summed E-state index contributed by atoms with van der Waals surface area (Å²) >= 11 is 0. The molecule has 1 heterocycles. The summed E-state index contributed by atoms with van der Waals surface area (Å²) in [5.41, 5.74) is 3.38. The van der Waals surface area contributed by atoms with Gasteiger partial charge in [0.2, 0.25) is 0 Å². The van der Waals surface area contributed by atoms with E-state index in [0.29, 0.717) is 5.56 Å². The van der Waals surface area contributed by atoms with Crippen molar-refractivity contribution in [2.24, 2.45) is 0 Å². The molecule has 6 nitrogen and oxygen atoms in total. The lowest BCUT2D eigenvalue weighted by Crippen LogP contribution is -2.30. The number of hydrogen-bond donors (Lipinski definition) is 2. The third-order valence-electron chi connectivity index (χ3n) is 4.56. The topological polar surface area (TPSA) is 93.4 Å². The minimum Gasteiger partial charge on any atom is -0.503 e. The van der Waals surface area contributed by atoms with Gasteiger partial charge in [-0.2, -0.15) is 5.26 Å². The van der Waals surface area contributed by atoms with Gasteiger partial charge in [0.1, 0.15) is 0 Å². The fraction of sp³-hybridized carbons (Fsp3) is 0.190. The number of likely N-dealkylation sites (N-methyl/N-ethyl adjacent to an activating group) is 1. The van der Waals surface area contributed by atoms with Gasteiger partial charge in [-0.3, -0.25) is 9.59 Å². The molecule has 0 spiro atoms. The third kappa shape index (κ3) is 3.67. The maximum atomic E-state index is 12.4. The van der Waals surface area contributed by atoms with Gasteiger partial charge >= 0.3 is 0 Å². The highest BCUT2D eigenvalue weighted by Gasteiger charge is 2.32. The average molecular weight is 361 g/mol. The Morgan fingerprint density at radius 3 is 2.52 bits per heavy atom. The van der Waals surface area contributed by atoms with Crippen LogP contribution >= 0.6 is 0 Å². The van der Waals surface area contributed by atoms with Crippen molar-refractivity contribution in [2.45, 2.75) is 13.0 Å². The fourth-order valence-corrected chi connectivity index (χ4v) is 3.00. The average Bonchev–Trinajstić information content (AvgIpc) is 2.95. The number of aliphatic hydroxyl groups excluding tert-OH is 1. The molecule has 1 atom stereocenters. The predicted molar refractivity (Wildman–Crippen MR) is 100 cm³/mol. The number of amides is 2. The summed E-state index contributed by atoms with van der Waals surface area (Å²) in [6, 6.07) is 16.8. The summed E-state index contributed by atoms with van der Waals surface area (Å²) in [6.07, 6.45) is 0. The van der Waals surface area contributed by atoms with E-state index in [0.717, 1.165) is 16.7 Å². The summed E-state index contributed by atoms with van der Waals surface area (Å²) in [7, 11) is 1.53. The number of nitrogens with one attached hydrogen (secondary N) is 1. The number of rotatable bonds is 4. The van der Waals surface area contributed by atoms with E-state index in [9.17, 15) is 14.7 Å². The lowest BCUT2D eigenvalue weighted by Gasteiger charge is -2.16. The van der Waals surface area contributed by atoms with Crippen molar-refractivity contribution >= 4 is 11.8 Å². The first kappa shape index (κ1) is 18.2. The number of nitrogens with zero attached hydrogens (tertiary/aromatic N) is 2. The highest BCUT2D eigenvalue weighted by atomic mass is 16.3. The van der Waals surface area contributed by atoms with Crippen molar-refractivity contribution in [3.63, 3.8) is 0 Å². The Labute approximate surface area is 157 Å². The van der Waals surface area contributed by atoms with Crippen LogP contribution in [-0.4, -0.2) is 35.4 Å². The molecule has 27 heavy (non-hydrogen) atoms. The van der Waals surface area contributed by atoms with Gasteiger partial charge in [0.05, 0.1) is 29.8 Å². The molecule has 1 aliphatic rings. The molecular formula is C21H19N3O3. The van der Waals surface area contributed by atoms with E-state index < -0.39 is 17.6 Å². The molecule has 6 heteroatoms. The smallest absolute Gasteiger partial charge is 0.289 e. The molecule has 0 fully saturated rings. The Kier molecular flexibility index (Phi) is 4.95. The van der Waals surface area contributed by atoms with Crippen LogP contribution in [0.15, 0.2) is 59.9 Å². The van der Waals surface area contributed by atoms with Crippen molar-refractivity contribution in [3.05, 3.63) is 71.0 Å². The Bertz CT molecular complexity index is 988. The van der Waals surface area contributed by atoms with Crippen molar-refractivity contribution in [2.75, 3.05) is 13.6 Å². The van der Waals surface area contributed by atoms with Crippen molar-refractivity contribution in [1.82, 2.24) is 10.2 Å². The molecule has 136 valence electrons. The highest BCUT2D eigenvalue weighted by molar-refractivity contribution is 6.06. The zero-order chi connectivity index (χ0) is 19.6. The van der Waals surface area contributed by atoms with Crippen LogP contribution in [0.3, 0.4) is 0 Å². The van der Waals surface area contributed by atoms with Gasteiger partial charge in [-0.25, -0.2) is 0 Å². The Morgan fingerprint density at radius 2 is 1.89 bits per heavy atom. The molecule has 0 aromatic heterocycles. The molecule has 2 N–H and O–H groups in total. The van der Waals surface area contributed by atoms with Crippen LogP contribution in [0.2, 0.25) is 0 Å². The number of carbonyl (C=O) groups excluding carboxylic acids is 2. The fourth-order valence-electron chi connectivity index (χ4n) is 3.00. The minimum absolute atomic E-state index is 0.0761. The molecule has 0 aliphatic carbocycles. The first-order valence-electron chi connectivity index (χ1n) is 8.49. The van der Waals surface area contributed by atoms with Gasteiger partial charge in [-0.1, -0.05) is 30.3 Å². The Hall–Kier alpha value is -3.59. The first-order chi connectivity index (χ1) is 12.9. The zero-order valence-corrected chi connectivity index (χ0v) is 15.1. The van der Waals surface area contributed by atoms with Crippen molar-refractivity contribution in [3.8, 4) is 17.2 Å². The molecule has 0 bridgehead atoms. The quantitative estimate of drug-likeness (QED) is 0.875. The summed E-state index contributed by atoms with van der Waals surface area (Å²) in [5, 5.41) is 21.7. The molecule has 0 saturated heterocycles. The van der Waals surface area contributed by atoms with E-state index in [1.54, 1.807) is 6.07 Å². The minimum atomic E-state index is -0.549. The summed E-state index contributed by atoms with van der Waals surface area (Å²) in [4.78, 5) is 25.4. The lowest BCUT2D eigenvalue weighted by atomic mass is 9.99. The number of nitriles is 1. The van der Waals surface area contributed by atoms with Gasteiger partial charge in [0, 0.05) is 7.05 Å². The first-order valence-corrected chi connectivity index (χ1v) is 8.49. The maximum Gasteiger partial charge on any atom is 0.289 e. The number of benzene rings is 2. The molecule has 1 unspecified atom stereocenters. The van der Waals surface area contributed by atoms with E-state index in [4.69, 9.17) is 5.26 Å². The van der Waals surface area contributed by atoms with Crippen LogP contribution in [-0.2, 0) is 9.59 Å². The maximum absolute atomic E-state index is 12.4. The van der Waals surface area contributed by atoms with Gasteiger partial charge in [-0.15, -0.1) is 0 Å². The van der Waals surface area contributed by atoms with E-state index in [1.165, 1.54) is 11.9 Å². The van der Waals surface area contributed by atoms with Crippen LogP contribution in [0.1, 0.15) is 24.1 Å². The molecule has 0 saturated carbocycles. The van der Waals surface area contributed by atoms with Crippen LogP contribution in [0.5, 0.6) is 0 Å². The van der Waals surface area contributed by atoms with Crippen molar-refractivity contribution in [1.29, 1.82) is 5.26 Å². The van der Waals surface area contributed by atoms with E-state index in [2.05, 4.69) is 11.4 Å². The van der Waals surface area contributed by atoms with Crippen LogP contribution < -0.4 is 5.32 Å². The molecule has 0 radical (unpaired) electrons. The number of hydrogen-bond acceptors (Lipinski definition) is 4. The van der Waals surface area contributed by atoms with Gasteiger partial charge in [0.25, 0.3) is 11.8 Å². The zero-order valence-electron chi connectivity index (χ0n) is 15.1. The van der Waals surface area contributed by atoms with Crippen LogP contribution in [0.4, 0.5) is 0 Å². The normalized spacial score (nSPS) is 14.9. The summed E-state index contributed by atoms with van der Waals surface area (Å²) < 4.78 is 0. The predicted octanol–water partition coefficient (Wildman–Crippen LogP) is 2.69. The second-order valence-electron chi connectivity index (χ2n) is 6.50. The monoisotopic (exact) mass is 361 g/mol. The van der Waals surface area contributed by atoms with Crippen LogP contribution in [0.25, 0.3) is 11.1 Å². The van der Waals surface area contributed by atoms with Gasteiger partial charge < -0.3 is 15.3 Å². The molecule has 2 aromatic rings. The summed E-state index contributed by atoms with van der Waals surface area (Å²) in [6.45, 7) is 1.92. The van der Waals surface area contributed by atoms with E-state index in [-0.39, 0.29) is 18.2 Å². The molecule has 3 rings (SSSR count). The number of carbonyl (C=O) groups is 2. The Morgan fingerprint density at radius 1 is 1.22 bits per heavy atom. The largest absolute Gasteiger partial charge is 0.503 e. The van der Waals surface area contributed by atoms with E-state index >= 15 is 0 Å². The number of aliphatic hydroxyl groups is 1. The second-order valence-corrected chi connectivity index (χ2v) is 6.50. The van der Waals surface area contributed by atoms with Gasteiger partial charge in [0.15, 0.2) is 5.76 Å². The van der Waals surface area contributed by atoms with Crippen LogP contribution in [0, 0.1) is 11.3 Å². The molecule has 2 amide bonds.